The molecule has 0 aliphatic carbocycles. The Hall–Kier alpha value is -1.95. The Morgan fingerprint density at radius 1 is 1.33 bits per heavy atom. The summed E-state index contributed by atoms with van der Waals surface area (Å²) < 4.78 is 0. The van der Waals surface area contributed by atoms with Gasteiger partial charge in [0.05, 0.1) is 5.00 Å². The summed E-state index contributed by atoms with van der Waals surface area (Å²) in [5.74, 6) is 0.474. The third-order valence-corrected chi connectivity index (χ3v) is 4.45. The van der Waals surface area contributed by atoms with Crippen molar-refractivity contribution < 1.29 is 4.79 Å². The highest BCUT2D eigenvalue weighted by molar-refractivity contribution is 7.14. The molecule has 0 unspecified atom stereocenters. The average molecular weight is 302 g/mol. The molecular weight excluding hydrogens is 284 g/mol. The summed E-state index contributed by atoms with van der Waals surface area (Å²) in [5, 5.41) is 5.73. The van der Waals surface area contributed by atoms with Gasteiger partial charge < -0.3 is 10.2 Å². The minimum atomic E-state index is -0.183. The maximum absolute atomic E-state index is 12.2. The van der Waals surface area contributed by atoms with Crippen LogP contribution in [0.3, 0.4) is 0 Å². The number of anilines is 2. The maximum Gasteiger partial charge on any atom is 0.275 e. The Kier molecular flexibility index (Phi) is 4.15. The van der Waals surface area contributed by atoms with Gasteiger partial charge >= 0.3 is 0 Å². The topological polar surface area (TPSA) is 58.1 Å². The van der Waals surface area contributed by atoms with Gasteiger partial charge in [-0.2, -0.15) is 0 Å². The number of rotatable bonds is 3. The van der Waals surface area contributed by atoms with Crippen molar-refractivity contribution in [3.63, 3.8) is 0 Å². The minimum absolute atomic E-state index is 0.183. The van der Waals surface area contributed by atoms with Crippen molar-refractivity contribution in [3.8, 4) is 0 Å². The number of amides is 1. The van der Waals surface area contributed by atoms with Gasteiger partial charge in [-0.15, -0.1) is 11.3 Å². The van der Waals surface area contributed by atoms with Crippen LogP contribution in [0.15, 0.2) is 23.7 Å². The van der Waals surface area contributed by atoms with Crippen LogP contribution in [-0.4, -0.2) is 29.0 Å². The van der Waals surface area contributed by atoms with Crippen LogP contribution in [0.25, 0.3) is 0 Å². The quantitative estimate of drug-likeness (QED) is 0.946. The lowest BCUT2D eigenvalue weighted by molar-refractivity contribution is 0.102. The number of carbonyl (C=O) groups is 1. The fourth-order valence-corrected chi connectivity index (χ4v) is 3.18. The third-order valence-electron chi connectivity index (χ3n) is 3.48. The largest absolute Gasteiger partial charge is 0.341 e. The molecule has 0 spiro atoms. The Bertz CT molecular complexity index is 634. The fraction of sp³-hybridized carbons (Fsp3) is 0.400. The van der Waals surface area contributed by atoms with Crippen molar-refractivity contribution in [1.29, 1.82) is 0 Å². The van der Waals surface area contributed by atoms with E-state index in [-0.39, 0.29) is 5.91 Å². The van der Waals surface area contributed by atoms with E-state index < -0.39 is 0 Å². The molecule has 3 heterocycles. The predicted molar refractivity (Wildman–Crippen MR) is 85.1 cm³/mol. The lowest BCUT2D eigenvalue weighted by Crippen LogP contribution is -2.31. The SMILES string of the molecule is Cc1csc(NC(=O)c2ccnc(N3CCCCC3)n2)c1. The van der Waals surface area contributed by atoms with E-state index in [1.165, 1.54) is 17.8 Å². The summed E-state index contributed by atoms with van der Waals surface area (Å²) in [6.07, 6.45) is 5.24. The highest BCUT2D eigenvalue weighted by Gasteiger charge is 2.16. The molecule has 1 fully saturated rings. The zero-order valence-corrected chi connectivity index (χ0v) is 12.8. The monoisotopic (exact) mass is 302 g/mol. The molecule has 1 amide bonds. The number of hydrogen-bond donors (Lipinski definition) is 1. The van der Waals surface area contributed by atoms with Crippen molar-refractivity contribution in [2.45, 2.75) is 26.2 Å². The Morgan fingerprint density at radius 3 is 2.86 bits per heavy atom. The summed E-state index contributed by atoms with van der Waals surface area (Å²) in [7, 11) is 0. The van der Waals surface area contributed by atoms with Crippen molar-refractivity contribution in [2.24, 2.45) is 0 Å². The van der Waals surface area contributed by atoms with Crippen molar-refractivity contribution >= 4 is 28.2 Å². The fourth-order valence-electron chi connectivity index (χ4n) is 2.39. The number of nitrogens with one attached hydrogen (secondary N) is 1. The number of nitrogens with zero attached hydrogens (tertiary/aromatic N) is 3. The molecule has 2 aromatic heterocycles. The van der Waals surface area contributed by atoms with E-state index >= 15 is 0 Å². The van der Waals surface area contributed by atoms with E-state index in [2.05, 4.69) is 20.2 Å². The first-order chi connectivity index (χ1) is 10.2. The molecule has 0 aromatic carbocycles. The van der Waals surface area contributed by atoms with E-state index in [0.29, 0.717) is 11.6 Å². The smallest absolute Gasteiger partial charge is 0.275 e. The van der Waals surface area contributed by atoms with Gasteiger partial charge in [0.15, 0.2) is 0 Å². The summed E-state index contributed by atoms with van der Waals surface area (Å²) in [6.45, 7) is 3.94. The van der Waals surface area contributed by atoms with Crippen molar-refractivity contribution in [1.82, 2.24) is 9.97 Å². The van der Waals surface area contributed by atoms with Gasteiger partial charge in [-0.3, -0.25) is 4.79 Å². The average Bonchev–Trinajstić information content (AvgIpc) is 2.93. The van der Waals surface area contributed by atoms with Crippen LogP contribution in [0.4, 0.5) is 10.9 Å². The second-order valence-electron chi connectivity index (χ2n) is 5.23. The molecule has 1 aliphatic heterocycles. The number of aromatic nitrogens is 2. The molecule has 5 nitrogen and oxygen atoms in total. The Morgan fingerprint density at radius 2 is 2.14 bits per heavy atom. The number of aryl methyl sites for hydroxylation is 1. The first-order valence-electron chi connectivity index (χ1n) is 7.17. The van der Waals surface area contributed by atoms with Gasteiger partial charge in [-0.1, -0.05) is 0 Å². The molecule has 1 saturated heterocycles. The molecule has 1 N–H and O–H groups in total. The molecule has 2 aromatic rings. The van der Waals surface area contributed by atoms with Gasteiger partial charge in [0, 0.05) is 19.3 Å². The third kappa shape index (κ3) is 3.39. The minimum Gasteiger partial charge on any atom is -0.341 e. The number of carbonyl (C=O) groups excluding carboxylic acids is 1. The summed E-state index contributed by atoms with van der Waals surface area (Å²) in [4.78, 5) is 23.1. The number of thiophene rings is 1. The lowest BCUT2D eigenvalue weighted by Gasteiger charge is -2.26. The van der Waals surface area contributed by atoms with Crippen LogP contribution in [0.1, 0.15) is 35.3 Å². The zero-order chi connectivity index (χ0) is 14.7. The van der Waals surface area contributed by atoms with E-state index in [4.69, 9.17) is 0 Å². The molecule has 6 heteroatoms. The maximum atomic E-state index is 12.2. The van der Waals surface area contributed by atoms with Crippen LogP contribution < -0.4 is 10.2 Å². The normalized spacial score (nSPS) is 15.0. The van der Waals surface area contributed by atoms with Crippen LogP contribution in [0.5, 0.6) is 0 Å². The molecule has 0 atom stereocenters. The summed E-state index contributed by atoms with van der Waals surface area (Å²) in [6, 6.07) is 3.61. The molecular formula is C15H18N4OS. The molecule has 0 bridgehead atoms. The van der Waals surface area contributed by atoms with Crippen LogP contribution >= 0.6 is 11.3 Å². The van der Waals surface area contributed by atoms with E-state index in [0.717, 1.165) is 36.5 Å². The van der Waals surface area contributed by atoms with Gasteiger partial charge in [-0.05, 0) is 49.3 Å². The summed E-state index contributed by atoms with van der Waals surface area (Å²) >= 11 is 1.52. The second-order valence-corrected chi connectivity index (χ2v) is 6.14. The molecule has 0 saturated carbocycles. The van der Waals surface area contributed by atoms with Crippen LogP contribution in [-0.2, 0) is 0 Å². The van der Waals surface area contributed by atoms with Gasteiger partial charge in [0.25, 0.3) is 5.91 Å². The van der Waals surface area contributed by atoms with Gasteiger partial charge in [0.2, 0.25) is 5.95 Å². The zero-order valence-electron chi connectivity index (χ0n) is 12.0. The first-order valence-corrected chi connectivity index (χ1v) is 8.05. The van der Waals surface area contributed by atoms with E-state index in [1.54, 1.807) is 12.3 Å². The van der Waals surface area contributed by atoms with Crippen LogP contribution in [0, 0.1) is 6.92 Å². The van der Waals surface area contributed by atoms with Crippen molar-refractivity contribution in [2.75, 3.05) is 23.3 Å². The van der Waals surface area contributed by atoms with Crippen LogP contribution in [0.2, 0.25) is 0 Å². The van der Waals surface area contributed by atoms with Gasteiger partial charge in [0.1, 0.15) is 5.69 Å². The molecule has 0 radical (unpaired) electrons. The first kappa shape index (κ1) is 14.0. The Balaban J connectivity index is 1.74. The van der Waals surface area contributed by atoms with Crippen molar-refractivity contribution in [3.05, 3.63) is 35.0 Å². The summed E-state index contributed by atoms with van der Waals surface area (Å²) in [5.41, 5.74) is 1.56. The molecule has 110 valence electrons. The molecule has 3 rings (SSSR count). The highest BCUT2D eigenvalue weighted by Crippen LogP contribution is 2.20. The lowest BCUT2D eigenvalue weighted by atomic mass is 10.1. The van der Waals surface area contributed by atoms with E-state index in [1.807, 2.05) is 18.4 Å². The number of piperidine rings is 1. The highest BCUT2D eigenvalue weighted by atomic mass is 32.1. The Labute approximate surface area is 128 Å². The number of hydrogen-bond acceptors (Lipinski definition) is 5. The molecule has 1 aliphatic rings. The second kappa shape index (κ2) is 6.22. The molecule has 21 heavy (non-hydrogen) atoms. The standard InChI is InChI=1S/C15H18N4OS/c1-11-9-13(21-10-11)18-14(20)12-5-6-16-15(17-12)19-7-3-2-4-8-19/h5-6,9-10H,2-4,7-8H2,1H3,(H,18,20). The van der Waals surface area contributed by atoms with Gasteiger partial charge in [-0.25, -0.2) is 9.97 Å². The predicted octanol–water partition coefficient (Wildman–Crippen LogP) is 3.09. The van der Waals surface area contributed by atoms with E-state index in [9.17, 15) is 4.79 Å².